The van der Waals surface area contributed by atoms with Crippen LogP contribution < -0.4 is 11.3 Å². The minimum Gasteiger partial charge on any atom is -0.307 e. The highest BCUT2D eigenvalue weighted by Crippen LogP contribution is 2.09. The number of nitrogens with two attached hydrogens (primary N) is 1. The van der Waals surface area contributed by atoms with Crippen molar-refractivity contribution in [3.8, 4) is 0 Å². The number of hydrogen-bond donors (Lipinski definition) is 2. The highest BCUT2D eigenvalue weighted by molar-refractivity contribution is 14.1. The second kappa shape index (κ2) is 2.92. The van der Waals surface area contributed by atoms with Crippen molar-refractivity contribution < 1.29 is 0 Å². The Morgan fingerprint density at radius 1 is 1.67 bits per heavy atom. The number of anilines is 1. The maximum Gasteiger partial charge on any atom is 0.156 e. The Balaban J connectivity index is 3.01. The maximum absolute atomic E-state index is 5.11. The van der Waals surface area contributed by atoms with Crippen LogP contribution in [0.5, 0.6) is 0 Å². The van der Waals surface area contributed by atoms with Crippen LogP contribution in [0, 0.1) is 3.57 Å². The molecule has 0 amide bonds. The Bertz CT molecular complexity index is 202. The van der Waals surface area contributed by atoms with E-state index in [-0.39, 0.29) is 0 Å². The molecule has 0 saturated heterocycles. The van der Waals surface area contributed by atoms with Gasteiger partial charge in [-0.15, -0.1) is 0 Å². The van der Waals surface area contributed by atoms with E-state index >= 15 is 0 Å². The lowest BCUT2D eigenvalue weighted by atomic mass is 10.6. The summed E-state index contributed by atoms with van der Waals surface area (Å²) in [5.74, 6) is 5.76. The molecule has 5 heteroatoms. The monoisotopic (exact) mass is 236 g/mol. The van der Waals surface area contributed by atoms with Gasteiger partial charge >= 0.3 is 0 Å². The molecule has 0 spiro atoms. The molecule has 0 aromatic carbocycles. The van der Waals surface area contributed by atoms with E-state index in [1.165, 1.54) is 6.33 Å². The van der Waals surface area contributed by atoms with Crippen LogP contribution in [0.25, 0.3) is 0 Å². The Hall–Kier alpha value is -0.430. The third-order valence-electron chi connectivity index (χ3n) is 0.804. The van der Waals surface area contributed by atoms with E-state index in [9.17, 15) is 0 Å². The standard InChI is InChI=1S/C4H5IN4/c5-3-1-7-2-8-4(3)9-6/h1-2H,6H2,(H,7,8,9). The Morgan fingerprint density at radius 2 is 2.44 bits per heavy atom. The van der Waals surface area contributed by atoms with Gasteiger partial charge in [0.25, 0.3) is 0 Å². The van der Waals surface area contributed by atoms with Gasteiger partial charge in [-0.05, 0) is 22.6 Å². The van der Waals surface area contributed by atoms with Gasteiger partial charge in [0.2, 0.25) is 0 Å². The normalized spacial score (nSPS) is 9.11. The SMILES string of the molecule is NNc1ncncc1I. The lowest BCUT2D eigenvalue weighted by Crippen LogP contribution is -2.09. The molecule has 1 aromatic rings. The molecule has 4 nitrogen and oxygen atoms in total. The molecule has 1 rings (SSSR count). The van der Waals surface area contributed by atoms with E-state index in [2.05, 4.69) is 38.0 Å². The van der Waals surface area contributed by atoms with Crippen molar-refractivity contribution in [2.24, 2.45) is 5.84 Å². The highest BCUT2D eigenvalue weighted by Gasteiger charge is 1.94. The smallest absolute Gasteiger partial charge is 0.156 e. The molecule has 0 fully saturated rings. The van der Waals surface area contributed by atoms with Gasteiger partial charge in [0, 0.05) is 6.20 Å². The predicted octanol–water partition coefficient (Wildman–Crippen LogP) is 0.367. The summed E-state index contributed by atoms with van der Waals surface area (Å²) in [7, 11) is 0. The summed E-state index contributed by atoms with van der Waals surface area (Å²) in [4.78, 5) is 7.62. The average molecular weight is 236 g/mol. The molecule has 1 heterocycles. The zero-order valence-corrected chi connectivity index (χ0v) is 6.66. The molecule has 0 radical (unpaired) electrons. The third kappa shape index (κ3) is 1.49. The third-order valence-corrected chi connectivity index (χ3v) is 1.59. The predicted molar refractivity (Wildman–Crippen MR) is 42.6 cm³/mol. The fourth-order valence-electron chi connectivity index (χ4n) is 0.419. The summed E-state index contributed by atoms with van der Waals surface area (Å²) in [6.07, 6.45) is 3.13. The molecule has 0 atom stereocenters. The number of hydrazine groups is 1. The highest BCUT2D eigenvalue weighted by atomic mass is 127. The molecule has 0 unspecified atom stereocenters. The van der Waals surface area contributed by atoms with Crippen molar-refractivity contribution >= 4 is 28.4 Å². The van der Waals surface area contributed by atoms with Crippen LogP contribution in [0.2, 0.25) is 0 Å². The molecule has 0 saturated carbocycles. The second-order valence-electron chi connectivity index (χ2n) is 1.36. The topological polar surface area (TPSA) is 63.8 Å². The van der Waals surface area contributed by atoms with Gasteiger partial charge in [-0.2, -0.15) is 0 Å². The van der Waals surface area contributed by atoms with Gasteiger partial charge in [-0.25, -0.2) is 15.8 Å². The van der Waals surface area contributed by atoms with Gasteiger partial charge in [-0.3, -0.25) is 0 Å². The van der Waals surface area contributed by atoms with E-state index in [1.54, 1.807) is 6.20 Å². The van der Waals surface area contributed by atoms with Gasteiger partial charge in [-0.1, -0.05) is 0 Å². The van der Waals surface area contributed by atoms with Gasteiger partial charge < -0.3 is 5.43 Å². The number of aromatic nitrogens is 2. The molecular formula is C4H5IN4. The fraction of sp³-hybridized carbons (Fsp3) is 0. The molecule has 3 N–H and O–H groups in total. The molecule has 0 bridgehead atoms. The summed E-state index contributed by atoms with van der Waals surface area (Å²) >= 11 is 2.09. The average Bonchev–Trinajstić information content (AvgIpc) is 1.89. The zero-order valence-electron chi connectivity index (χ0n) is 4.50. The zero-order chi connectivity index (χ0) is 6.69. The Labute approximate surface area is 66.0 Å². The number of hydrogen-bond acceptors (Lipinski definition) is 4. The van der Waals surface area contributed by atoms with Crippen LogP contribution in [0.15, 0.2) is 12.5 Å². The van der Waals surface area contributed by atoms with Crippen molar-refractivity contribution in [2.45, 2.75) is 0 Å². The van der Waals surface area contributed by atoms with Crippen molar-refractivity contribution in [3.63, 3.8) is 0 Å². The molecule has 0 aliphatic heterocycles. The summed E-state index contributed by atoms with van der Waals surface area (Å²) in [6.45, 7) is 0. The Morgan fingerprint density at radius 3 is 2.89 bits per heavy atom. The van der Waals surface area contributed by atoms with E-state index in [4.69, 9.17) is 5.84 Å². The first-order valence-electron chi connectivity index (χ1n) is 2.26. The van der Waals surface area contributed by atoms with Crippen LogP contribution in [0.1, 0.15) is 0 Å². The van der Waals surface area contributed by atoms with Gasteiger partial charge in [0.1, 0.15) is 6.33 Å². The number of nitrogen functional groups attached to an aromatic ring is 1. The molecular weight excluding hydrogens is 231 g/mol. The fourth-order valence-corrected chi connectivity index (χ4v) is 0.875. The van der Waals surface area contributed by atoms with Crippen molar-refractivity contribution in [1.29, 1.82) is 0 Å². The first-order valence-corrected chi connectivity index (χ1v) is 3.34. The quantitative estimate of drug-likeness (QED) is 0.420. The lowest BCUT2D eigenvalue weighted by Gasteiger charge is -1.97. The number of rotatable bonds is 1. The first-order chi connectivity index (χ1) is 4.34. The Kier molecular flexibility index (Phi) is 2.17. The summed E-state index contributed by atoms with van der Waals surface area (Å²) in [5.41, 5.74) is 2.44. The first kappa shape index (κ1) is 6.69. The van der Waals surface area contributed by atoms with E-state index in [1.807, 2.05) is 0 Å². The molecule has 1 aromatic heterocycles. The number of nitrogens with zero attached hydrogens (tertiary/aromatic N) is 2. The van der Waals surface area contributed by atoms with E-state index in [0.717, 1.165) is 3.57 Å². The van der Waals surface area contributed by atoms with Crippen LogP contribution in [0.4, 0.5) is 5.82 Å². The van der Waals surface area contributed by atoms with Gasteiger partial charge in [0.15, 0.2) is 5.82 Å². The lowest BCUT2D eigenvalue weighted by molar-refractivity contribution is 1.12. The van der Waals surface area contributed by atoms with E-state index < -0.39 is 0 Å². The molecule has 48 valence electrons. The van der Waals surface area contributed by atoms with E-state index in [0.29, 0.717) is 5.82 Å². The largest absolute Gasteiger partial charge is 0.307 e. The second-order valence-corrected chi connectivity index (χ2v) is 2.53. The minimum absolute atomic E-state index is 0.658. The summed E-state index contributed by atoms with van der Waals surface area (Å²) in [6, 6.07) is 0. The number of halogens is 1. The minimum atomic E-state index is 0.658. The number of nitrogens with one attached hydrogen (secondary N) is 1. The molecule has 0 aliphatic rings. The van der Waals surface area contributed by atoms with Crippen LogP contribution in [-0.2, 0) is 0 Å². The van der Waals surface area contributed by atoms with Crippen LogP contribution in [-0.4, -0.2) is 9.97 Å². The van der Waals surface area contributed by atoms with Gasteiger partial charge in [0.05, 0.1) is 3.57 Å². The maximum atomic E-state index is 5.11. The van der Waals surface area contributed by atoms with Crippen molar-refractivity contribution in [1.82, 2.24) is 9.97 Å². The summed E-state index contributed by atoms with van der Waals surface area (Å²) in [5, 5.41) is 0. The van der Waals surface area contributed by atoms with Crippen LogP contribution >= 0.6 is 22.6 Å². The molecule has 9 heavy (non-hydrogen) atoms. The van der Waals surface area contributed by atoms with Crippen molar-refractivity contribution in [2.75, 3.05) is 5.43 Å². The van der Waals surface area contributed by atoms with Crippen molar-refractivity contribution in [3.05, 3.63) is 16.1 Å². The molecule has 0 aliphatic carbocycles. The summed E-state index contributed by atoms with van der Waals surface area (Å²) < 4.78 is 0.914. The van der Waals surface area contributed by atoms with Crippen LogP contribution in [0.3, 0.4) is 0 Å².